The van der Waals surface area contributed by atoms with Crippen molar-refractivity contribution in [3.63, 3.8) is 0 Å². The second-order valence-electron chi connectivity index (χ2n) is 8.25. The van der Waals surface area contributed by atoms with Crippen molar-refractivity contribution in [2.45, 2.75) is 29.5 Å². The third kappa shape index (κ3) is 4.38. The van der Waals surface area contributed by atoms with Crippen LogP contribution >= 0.6 is 22.9 Å². The average molecular weight is 504 g/mol. The number of rotatable bonds is 5. The number of nitrogens with zero attached hydrogens (tertiary/aromatic N) is 2. The van der Waals surface area contributed by atoms with Gasteiger partial charge in [-0.05, 0) is 54.5 Å². The van der Waals surface area contributed by atoms with E-state index in [9.17, 15) is 18.0 Å². The summed E-state index contributed by atoms with van der Waals surface area (Å²) < 4.78 is 29.4. The van der Waals surface area contributed by atoms with Gasteiger partial charge in [0.1, 0.15) is 16.8 Å². The zero-order valence-electron chi connectivity index (χ0n) is 17.7. The van der Waals surface area contributed by atoms with Gasteiger partial charge < -0.3 is 9.80 Å². The van der Waals surface area contributed by atoms with Gasteiger partial charge in [0, 0.05) is 28.5 Å². The molecule has 0 aliphatic carbocycles. The molecular formula is C23H22ClN3O4S2. The molecule has 0 radical (unpaired) electrons. The van der Waals surface area contributed by atoms with E-state index >= 15 is 0 Å². The molecule has 2 aliphatic heterocycles. The maximum Gasteiger partial charge on any atom is 0.250 e. The Kier molecular flexibility index (Phi) is 5.90. The summed E-state index contributed by atoms with van der Waals surface area (Å²) in [4.78, 5) is 29.2. The average Bonchev–Trinajstić information content (AvgIpc) is 3.41. The van der Waals surface area contributed by atoms with Crippen molar-refractivity contribution in [2.75, 3.05) is 24.5 Å². The highest BCUT2D eigenvalue weighted by molar-refractivity contribution is 7.91. The van der Waals surface area contributed by atoms with E-state index in [1.807, 2.05) is 24.3 Å². The Labute approximate surface area is 201 Å². The SMILES string of the molecule is O=C1C(NS(=O)(=O)c2cc3ccc(Cl)cc3s2)CCCN1CC(=O)N1CCc2ccccc21. The van der Waals surface area contributed by atoms with E-state index in [1.54, 1.807) is 29.2 Å². The molecule has 1 atom stereocenters. The number of hydrogen-bond donors (Lipinski definition) is 1. The fraction of sp³-hybridized carbons (Fsp3) is 0.304. The van der Waals surface area contributed by atoms with Crippen LogP contribution in [0, 0.1) is 0 Å². The van der Waals surface area contributed by atoms with Gasteiger partial charge in [0.05, 0.1) is 0 Å². The second-order valence-corrected chi connectivity index (χ2v) is 11.7. The molecule has 1 aromatic heterocycles. The summed E-state index contributed by atoms with van der Waals surface area (Å²) in [6.07, 6.45) is 1.80. The Morgan fingerprint density at radius 1 is 1.15 bits per heavy atom. The Morgan fingerprint density at radius 3 is 2.82 bits per heavy atom. The van der Waals surface area contributed by atoms with Crippen LogP contribution in [0.2, 0.25) is 5.02 Å². The molecule has 0 bridgehead atoms. The number of anilines is 1. The zero-order valence-corrected chi connectivity index (χ0v) is 20.0. The third-order valence-electron chi connectivity index (χ3n) is 6.07. The molecular weight excluding hydrogens is 482 g/mol. The zero-order chi connectivity index (χ0) is 23.2. The van der Waals surface area contributed by atoms with Crippen LogP contribution in [0.15, 0.2) is 52.7 Å². The van der Waals surface area contributed by atoms with Crippen LogP contribution in [-0.2, 0) is 26.0 Å². The Hall–Kier alpha value is -2.46. The number of piperidine rings is 1. The predicted octanol–water partition coefficient (Wildman–Crippen LogP) is 3.41. The smallest absolute Gasteiger partial charge is 0.250 e. The van der Waals surface area contributed by atoms with E-state index in [4.69, 9.17) is 11.6 Å². The van der Waals surface area contributed by atoms with Crippen LogP contribution in [0.1, 0.15) is 18.4 Å². The lowest BCUT2D eigenvalue weighted by Crippen LogP contribution is -2.54. The molecule has 3 aromatic rings. The highest BCUT2D eigenvalue weighted by Crippen LogP contribution is 2.32. The molecule has 0 saturated carbocycles. The monoisotopic (exact) mass is 503 g/mol. The maximum atomic E-state index is 13.1. The largest absolute Gasteiger partial charge is 0.332 e. The first kappa shape index (κ1) is 22.3. The molecule has 172 valence electrons. The van der Waals surface area contributed by atoms with Crippen LogP contribution < -0.4 is 9.62 Å². The standard InChI is InChI=1S/C23H22ClN3O4S2/c24-17-8-7-16-12-22(32-20(16)13-17)33(30,31)25-18-5-3-10-26(23(18)29)14-21(28)27-11-9-15-4-1-2-6-19(15)27/h1-2,4,6-8,12-13,18,25H,3,5,9-11,14H2. The first-order valence-corrected chi connectivity index (χ1v) is 13.4. The van der Waals surface area contributed by atoms with Crippen molar-refractivity contribution in [3.8, 4) is 0 Å². The number of carbonyl (C=O) groups is 2. The van der Waals surface area contributed by atoms with E-state index in [2.05, 4.69) is 4.72 Å². The highest BCUT2D eigenvalue weighted by atomic mass is 35.5. The predicted molar refractivity (Wildman–Crippen MR) is 129 cm³/mol. The molecule has 10 heteroatoms. The highest BCUT2D eigenvalue weighted by Gasteiger charge is 2.35. The quantitative estimate of drug-likeness (QED) is 0.578. The molecule has 2 aliphatic rings. The summed E-state index contributed by atoms with van der Waals surface area (Å²) in [5.74, 6) is -0.520. The molecule has 1 N–H and O–H groups in total. The van der Waals surface area contributed by atoms with Gasteiger partial charge in [-0.1, -0.05) is 35.9 Å². The van der Waals surface area contributed by atoms with Gasteiger partial charge in [0.2, 0.25) is 11.8 Å². The van der Waals surface area contributed by atoms with Crippen molar-refractivity contribution in [1.29, 1.82) is 0 Å². The lowest BCUT2D eigenvalue weighted by molar-refractivity contribution is -0.138. The van der Waals surface area contributed by atoms with Gasteiger partial charge in [-0.2, -0.15) is 4.72 Å². The lowest BCUT2D eigenvalue weighted by Gasteiger charge is -2.33. The first-order valence-electron chi connectivity index (χ1n) is 10.7. The number of para-hydroxylation sites is 1. The molecule has 1 fully saturated rings. The van der Waals surface area contributed by atoms with Crippen molar-refractivity contribution in [1.82, 2.24) is 9.62 Å². The molecule has 1 saturated heterocycles. The number of fused-ring (bicyclic) bond motifs is 2. The van der Waals surface area contributed by atoms with E-state index < -0.39 is 16.1 Å². The number of thiophene rings is 1. The van der Waals surface area contributed by atoms with Crippen LogP contribution in [0.25, 0.3) is 10.1 Å². The Bertz CT molecular complexity index is 1350. The van der Waals surface area contributed by atoms with Crippen LogP contribution in [-0.4, -0.2) is 50.8 Å². The van der Waals surface area contributed by atoms with E-state index in [0.717, 1.165) is 39.1 Å². The van der Waals surface area contributed by atoms with Gasteiger partial charge in [-0.15, -0.1) is 11.3 Å². The minimum absolute atomic E-state index is 0.0627. The summed E-state index contributed by atoms with van der Waals surface area (Å²) >= 11 is 7.12. The number of nitrogens with one attached hydrogen (secondary N) is 1. The molecule has 7 nitrogen and oxygen atoms in total. The Morgan fingerprint density at radius 2 is 1.97 bits per heavy atom. The number of hydrogen-bond acceptors (Lipinski definition) is 5. The minimum Gasteiger partial charge on any atom is -0.332 e. The van der Waals surface area contributed by atoms with Crippen molar-refractivity contribution in [3.05, 3.63) is 59.1 Å². The lowest BCUT2D eigenvalue weighted by atomic mass is 10.1. The number of benzene rings is 2. The van der Waals surface area contributed by atoms with E-state index in [-0.39, 0.29) is 22.6 Å². The molecule has 5 rings (SSSR count). The van der Waals surface area contributed by atoms with Gasteiger partial charge in [0.15, 0.2) is 0 Å². The number of halogens is 1. The van der Waals surface area contributed by atoms with Gasteiger partial charge >= 0.3 is 0 Å². The first-order chi connectivity index (χ1) is 15.8. The number of carbonyl (C=O) groups excluding carboxylic acids is 2. The number of amides is 2. The van der Waals surface area contributed by atoms with Crippen molar-refractivity contribution >= 4 is 60.5 Å². The molecule has 2 amide bonds. The second kappa shape index (κ2) is 8.72. The van der Waals surface area contributed by atoms with Crippen LogP contribution in [0.3, 0.4) is 0 Å². The van der Waals surface area contributed by atoms with Crippen molar-refractivity contribution < 1.29 is 18.0 Å². The van der Waals surface area contributed by atoms with Crippen molar-refractivity contribution in [2.24, 2.45) is 0 Å². The number of likely N-dealkylation sites (tertiary alicyclic amines) is 1. The van der Waals surface area contributed by atoms with Crippen LogP contribution in [0.5, 0.6) is 0 Å². The Balaban J connectivity index is 1.29. The summed E-state index contributed by atoms with van der Waals surface area (Å²) in [6.45, 7) is 0.957. The summed E-state index contributed by atoms with van der Waals surface area (Å²) in [5.41, 5.74) is 2.00. The molecule has 3 heterocycles. The summed E-state index contributed by atoms with van der Waals surface area (Å²) in [6, 6.07) is 13.6. The molecule has 2 aromatic carbocycles. The topological polar surface area (TPSA) is 86.8 Å². The van der Waals surface area contributed by atoms with Gasteiger partial charge in [-0.3, -0.25) is 9.59 Å². The van der Waals surface area contributed by atoms with E-state index in [1.165, 1.54) is 4.90 Å². The normalized spacial score (nSPS) is 18.7. The molecule has 0 spiro atoms. The minimum atomic E-state index is -3.89. The summed E-state index contributed by atoms with van der Waals surface area (Å²) in [5, 5.41) is 1.31. The van der Waals surface area contributed by atoms with Gasteiger partial charge in [0.25, 0.3) is 10.0 Å². The maximum absolute atomic E-state index is 13.1. The molecule has 1 unspecified atom stereocenters. The number of sulfonamides is 1. The van der Waals surface area contributed by atoms with Gasteiger partial charge in [-0.25, -0.2) is 8.42 Å². The van der Waals surface area contributed by atoms with Crippen LogP contribution in [0.4, 0.5) is 5.69 Å². The third-order valence-corrected chi connectivity index (χ3v) is 9.34. The fourth-order valence-electron chi connectivity index (χ4n) is 4.41. The molecule has 33 heavy (non-hydrogen) atoms. The fourth-order valence-corrected chi connectivity index (χ4v) is 7.33. The summed E-state index contributed by atoms with van der Waals surface area (Å²) in [7, 11) is -3.89. The van der Waals surface area contributed by atoms with E-state index in [0.29, 0.717) is 31.0 Å².